The van der Waals surface area contributed by atoms with Crippen LogP contribution in [0, 0.1) is 13.8 Å². The Bertz CT molecular complexity index is 541. The van der Waals surface area contributed by atoms with E-state index in [2.05, 4.69) is 55.4 Å². The molecular formula is C14H22N4S. The van der Waals surface area contributed by atoms with Crippen LogP contribution in [0.25, 0.3) is 0 Å². The van der Waals surface area contributed by atoms with E-state index in [9.17, 15) is 0 Å². The van der Waals surface area contributed by atoms with Gasteiger partial charge >= 0.3 is 0 Å². The third-order valence-corrected chi connectivity index (χ3v) is 4.40. The van der Waals surface area contributed by atoms with Crippen molar-refractivity contribution in [2.45, 2.75) is 46.2 Å². The zero-order valence-electron chi connectivity index (χ0n) is 12.3. The van der Waals surface area contributed by atoms with Crippen LogP contribution < -0.4 is 5.32 Å². The second-order valence-corrected chi connectivity index (χ2v) is 6.34. The van der Waals surface area contributed by atoms with Crippen LogP contribution in [0.3, 0.4) is 0 Å². The van der Waals surface area contributed by atoms with Crippen molar-refractivity contribution in [2.75, 3.05) is 7.05 Å². The van der Waals surface area contributed by atoms with Crippen molar-refractivity contribution < 1.29 is 0 Å². The zero-order valence-corrected chi connectivity index (χ0v) is 13.1. The molecular weight excluding hydrogens is 256 g/mol. The highest BCUT2D eigenvalue weighted by molar-refractivity contribution is 7.11. The van der Waals surface area contributed by atoms with E-state index in [1.54, 1.807) is 11.3 Å². The summed E-state index contributed by atoms with van der Waals surface area (Å²) in [4.78, 5) is 5.83. The molecule has 0 saturated carbocycles. The minimum atomic E-state index is 0.293. The van der Waals surface area contributed by atoms with Crippen molar-refractivity contribution in [3.63, 3.8) is 0 Å². The van der Waals surface area contributed by atoms with Gasteiger partial charge in [0.1, 0.15) is 0 Å². The third-order valence-electron chi connectivity index (χ3n) is 3.21. The Labute approximate surface area is 118 Å². The first-order chi connectivity index (χ1) is 9.01. The minimum absolute atomic E-state index is 0.293. The van der Waals surface area contributed by atoms with Gasteiger partial charge in [-0.3, -0.25) is 4.68 Å². The number of nitrogens with zero attached hydrogens (tertiary/aromatic N) is 3. The van der Waals surface area contributed by atoms with Crippen LogP contribution in [0.4, 0.5) is 0 Å². The van der Waals surface area contributed by atoms with Gasteiger partial charge in [-0.1, -0.05) is 0 Å². The highest BCUT2D eigenvalue weighted by atomic mass is 32.1. The molecule has 0 amide bonds. The van der Waals surface area contributed by atoms with Crippen LogP contribution in [0.2, 0.25) is 0 Å². The standard InChI is InChI=1S/C14H22N4S/c1-9(2)18-7-6-12(17-18)8-13(15-5)14-10(3)16-11(4)19-14/h6-7,9,13,15H,8H2,1-5H3. The normalized spacial score (nSPS) is 13.2. The Balaban J connectivity index is 2.16. The van der Waals surface area contributed by atoms with E-state index in [1.807, 2.05) is 11.7 Å². The number of thiazole rings is 1. The molecule has 0 spiro atoms. The molecule has 2 rings (SSSR count). The monoisotopic (exact) mass is 278 g/mol. The number of aryl methyl sites for hydroxylation is 2. The average Bonchev–Trinajstić information content (AvgIpc) is 2.93. The Morgan fingerprint density at radius 3 is 2.58 bits per heavy atom. The maximum atomic E-state index is 4.62. The summed E-state index contributed by atoms with van der Waals surface area (Å²) in [5.41, 5.74) is 2.25. The molecule has 1 atom stereocenters. The van der Waals surface area contributed by atoms with Crippen molar-refractivity contribution in [3.8, 4) is 0 Å². The number of aromatic nitrogens is 3. The molecule has 104 valence electrons. The van der Waals surface area contributed by atoms with Gasteiger partial charge in [0.15, 0.2) is 0 Å². The first-order valence-electron chi connectivity index (χ1n) is 6.66. The molecule has 0 fully saturated rings. The predicted octanol–water partition coefficient (Wildman–Crippen LogP) is 3.04. The zero-order chi connectivity index (χ0) is 14.0. The summed E-state index contributed by atoms with van der Waals surface area (Å²) in [5.74, 6) is 0. The summed E-state index contributed by atoms with van der Waals surface area (Å²) in [6, 6.07) is 2.81. The Hall–Kier alpha value is -1.20. The van der Waals surface area contributed by atoms with Gasteiger partial charge in [0.05, 0.1) is 16.4 Å². The first-order valence-corrected chi connectivity index (χ1v) is 7.48. The molecule has 0 radical (unpaired) electrons. The van der Waals surface area contributed by atoms with E-state index in [4.69, 9.17) is 0 Å². The number of hydrogen-bond acceptors (Lipinski definition) is 4. The van der Waals surface area contributed by atoms with Gasteiger partial charge in [-0.2, -0.15) is 5.10 Å². The molecule has 0 saturated heterocycles. The number of rotatable bonds is 5. The first kappa shape index (κ1) is 14.2. The van der Waals surface area contributed by atoms with Crippen LogP contribution in [-0.2, 0) is 6.42 Å². The molecule has 0 aliphatic carbocycles. The van der Waals surface area contributed by atoms with Gasteiger partial charge < -0.3 is 5.32 Å². The highest BCUT2D eigenvalue weighted by Crippen LogP contribution is 2.27. The average molecular weight is 278 g/mol. The van der Waals surface area contributed by atoms with E-state index in [0.717, 1.165) is 22.8 Å². The second kappa shape index (κ2) is 5.84. The van der Waals surface area contributed by atoms with Gasteiger partial charge in [-0.15, -0.1) is 11.3 Å². The molecule has 5 heteroatoms. The lowest BCUT2D eigenvalue weighted by Gasteiger charge is -2.14. The summed E-state index contributed by atoms with van der Waals surface area (Å²) in [5, 5.41) is 9.13. The van der Waals surface area contributed by atoms with Crippen molar-refractivity contribution in [2.24, 2.45) is 0 Å². The summed E-state index contributed by atoms with van der Waals surface area (Å²) >= 11 is 1.77. The van der Waals surface area contributed by atoms with Crippen LogP contribution in [0.5, 0.6) is 0 Å². The lowest BCUT2D eigenvalue weighted by molar-refractivity contribution is 0.516. The fourth-order valence-corrected chi connectivity index (χ4v) is 3.22. The Kier molecular flexibility index (Phi) is 4.37. The third kappa shape index (κ3) is 3.22. The minimum Gasteiger partial charge on any atom is -0.312 e. The van der Waals surface area contributed by atoms with E-state index in [-0.39, 0.29) is 0 Å². The molecule has 2 aromatic rings. The lowest BCUT2D eigenvalue weighted by Crippen LogP contribution is -2.19. The van der Waals surface area contributed by atoms with E-state index in [0.29, 0.717) is 12.1 Å². The Morgan fingerprint density at radius 1 is 1.37 bits per heavy atom. The van der Waals surface area contributed by atoms with Crippen molar-refractivity contribution in [1.82, 2.24) is 20.1 Å². The van der Waals surface area contributed by atoms with Crippen molar-refractivity contribution in [1.29, 1.82) is 0 Å². The van der Waals surface area contributed by atoms with Crippen LogP contribution >= 0.6 is 11.3 Å². The van der Waals surface area contributed by atoms with E-state index in [1.165, 1.54) is 4.88 Å². The molecule has 0 aliphatic heterocycles. The summed E-state index contributed by atoms with van der Waals surface area (Å²) in [7, 11) is 2.00. The molecule has 1 N–H and O–H groups in total. The van der Waals surface area contributed by atoms with E-state index < -0.39 is 0 Å². The molecule has 2 heterocycles. The van der Waals surface area contributed by atoms with Crippen LogP contribution in [-0.4, -0.2) is 21.8 Å². The Morgan fingerprint density at radius 2 is 2.11 bits per heavy atom. The predicted molar refractivity (Wildman–Crippen MR) is 79.7 cm³/mol. The molecule has 2 aromatic heterocycles. The topological polar surface area (TPSA) is 42.7 Å². The van der Waals surface area contributed by atoms with Gasteiger partial charge in [-0.05, 0) is 40.8 Å². The smallest absolute Gasteiger partial charge is 0.0900 e. The van der Waals surface area contributed by atoms with Gasteiger partial charge in [0.2, 0.25) is 0 Å². The largest absolute Gasteiger partial charge is 0.312 e. The van der Waals surface area contributed by atoms with Crippen molar-refractivity contribution in [3.05, 3.63) is 33.5 Å². The van der Waals surface area contributed by atoms with Crippen LogP contribution in [0.1, 0.15) is 47.2 Å². The fraction of sp³-hybridized carbons (Fsp3) is 0.571. The summed E-state index contributed by atoms with van der Waals surface area (Å²) in [6.07, 6.45) is 2.95. The van der Waals surface area contributed by atoms with Crippen LogP contribution in [0.15, 0.2) is 12.3 Å². The van der Waals surface area contributed by atoms with Gasteiger partial charge in [0, 0.05) is 29.6 Å². The lowest BCUT2D eigenvalue weighted by atomic mass is 10.1. The molecule has 1 unspecified atom stereocenters. The van der Waals surface area contributed by atoms with Crippen molar-refractivity contribution >= 4 is 11.3 Å². The molecule has 19 heavy (non-hydrogen) atoms. The number of nitrogens with one attached hydrogen (secondary N) is 1. The molecule has 0 aromatic carbocycles. The van der Waals surface area contributed by atoms with Gasteiger partial charge in [-0.25, -0.2) is 4.98 Å². The van der Waals surface area contributed by atoms with Gasteiger partial charge in [0.25, 0.3) is 0 Å². The SMILES string of the molecule is CNC(Cc1ccn(C(C)C)n1)c1sc(C)nc1C. The number of hydrogen-bond donors (Lipinski definition) is 1. The molecule has 0 bridgehead atoms. The fourth-order valence-electron chi connectivity index (χ4n) is 2.18. The highest BCUT2D eigenvalue weighted by Gasteiger charge is 2.17. The van der Waals surface area contributed by atoms with E-state index >= 15 is 0 Å². The summed E-state index contributed by atoms with van der Waals surface area (Å²) in [6.45, 7) is 8.42. The maximum absolute atomic E-state index is 4.62. The number of likely N-dealkylation sites (N-methyl/N-ethyl adjacent to an activating group) is 1. The second-order valence-electron chi connectivity index (χ2n) is 5.11. The molecule has 4 nitrogen and oxygen atoms in total. The summed E-state index contributed by atoms with van der Waals surface area (Å²) < 4.78 is 2.01. The molecule has 0 aliphatic rings. The quantitative estimate of drug-likeness (QED) is 0.914. The maximum Gasteiger partial charge on any atom is 0.0900 e.